The Hall–Kier alpha value is -1.57. The maximum absolute atomic E-state index is 11.7. The normalized spacial score (nSPS) is 10.2. The Labute approximate surface area is 117 Å². The molecule has 1 aromatic rings. The van der Waals surface area contributed by atoms with Crippen molar-refractivity contribution >= 4 is 23.1 Å². The fourth-order valence-corrected chi connectivity index (χ4v) is 1.37. The first kappa shape index (κ1) is 15.5. The van der Waals surface area contributed by atoms with Crippen molar-refractivity contribution in [1.82, 2.24) is 10.3 Å². The monoisotopic (exact) mass is 283 g/mol. The molecular formula is C12H17N3O3S. The molecule has 1 heterocycles. The summed E-state index contributed by atoms with van der Waals surface area (Å²) in [6.45, 7) is 1.89. The van der Waals surface area contributed by atoms with Crippen LogP contribution in [0.3, 0.4) is 0 Å². The molecule has 7 heteroatoms. The molecule has 104 valence electrons. The Kier molecular flexibility index (Phi) is 6.94. The molecule has 0 spiro atoms. The molecule has 1 amide bonds. The Balaban J connectivity index is 2.31. The van der Waals surface area contributed by atoms with Crippen molar-refractivity contribution in [2.24, 2.45) is 5.73 Å². The SMILES string of the molecule is COCCOCCNC(=O)c1ccc(C(N)=S)cn1. The van der Waals surface area contributed by atoms with Gasteiger partial charge in [0.15, 0.2) is 0 Å². The summed E-state index contributed by atoms with van der Waals surface area (Å²) in [5.74, 6) is -0.259. The van der Waals surface area contributed by atoms with Crippen molar-refractivity contribution in [2.75, 3.05) is 33.5 Å². The lowest BCUT2D eigenvalue weighted by Crippen LogP contribution is -2.28. The first-order valence-electron chi connectivity index (χ1n) is 5.76. The Morgan fingerprint density at radius 3 is 2.79 bits per heavy atom. The standard InChI is InChI=1S/C12H17N3O3S/c1-17-6-7-18-5-4-14-12(16)10-3-2-9(8-15-10)11(13)19/h2-3,8H,4-7H2,1H3,(H2,13,19)(H,14,16). The fraction of sp³-hybridized carbons (Fsp3) is 0.417. The largest absolute Gasteiger partial charge is 0.389 e. The smallest absolute Gasteiger partial charge is 0.269 e. The lowest BCUT2D eigenvalue weighted by Gasteiger charge is -2.06. The number of carbonyl (C=O) groups excluding carboxylic acids is 1. The predicted octanol–water partition coefficient (Wildman–Crippen LogP) is 0.109. The van der Waals surface area contributed by atoms with Gasteiger partial charge >= 0.3 is 0 Å². The summed E-state index contributed by atoms with van der Waals surface area (Å²) in [4.78, 5) is 15.9. The molecule has 1 aromatic heterocycles. The van der Waals surface area contributed by atoms with E-state index in [1.807, 2.05) is 0 Å². The zero-order valence-electron chi connectivity index (χ0n) is 10.7. The summed E-state index contributed by atoms with van der Waals surface area (Å²) in [7, 11) is 1.60. The van der Waals surface area contributed by atoms with E-state index in [2.05, 4.69) is 10.3 Å². The molecule has 19 heavy (non-hydrogen) atoms. The number of aromatic nitrogens is 1. The van der Waals surface area contributed by atoms with Gasteiger partial charge in [-0.1, -0.05) is 12.2 Å². The third kappa shape index (κ3) is 5.73. The molecule has 0 aliphatic carbocycles. The Bertz CT molecular complexity index is 423. The molecular weight excluding hydrogens is 266 g/mol. The summed E-state index contributed by atoms with van der Waals surface area (Å²) in [6.07, 6.45) is 1.48. The number of pyridine rings is 1. The van der Waals surface area contributed by atoms with Crippen LogP contribution < -0.4 is 11.1 Å². The summed E-state index contributed by atoms with van der Waals surface area (Å²) in [5, 5.41) is 2.69. The molecule has 6 nitrogen and oxygen atoms in total. The number of amides is 1. The molecule has 0 saturated heterocycles. The second-order valence-corrected chi connectivity index (χ2v) is 4.10. The molecule has 0 aliphatic rings. The summed E-state index contributed by atoms with van der Waals surface area (Å²) in [6, 6.07) is 3.24. The second kappa shape index (κ2) is 8.52. The molecule has 0 unspecified atom stereocenters. The fourth-order valence-electron chi connectivity index (χ4n) is 1.25. The molecule has 0 bridgehead atoms. The first-order chi connectivity index (χ1) is 9.15. The van der Waals surface area contributed by atoms with E-state index >= 15 is 0 Å². The Morgan fingerprint density at radius 2 is 2.21 bits per heavy atom. The molecule has 0 radical (unpaired) electrons. The number of rotatable bonds is 8. The number of carbonyl (C=O) groups is 1. The third-order valence-corrected chi connectivity index (χ3v) is 2.48. The molecule has 0 aromatic carbocycles. The zero-order valence-corrected chi connectivity index (χ0v) is 11.5. The maximum atomic E-state index is 11.7. The predicted molar refractivity (Wildman–Crippen MR) is 75.2 cm³/mol. The van der Waals surface area contributed by atoms with Crippen LogP contribution in [0.4, 0.5) is 0 Å². The van der Waals surface area contributed by atoms with Gasteiger partial charge in [-0.3, -0.25) is 9.78 Å². The van der Waals surface area contributed by atoms with Crippen LogP contribution in [0.25, 0.3) is 0 Å². The van der Waals surface area contributed by atoms with E-state index in [1.54, 1.807) is 19.2 Å². The third-order valence-electron chi connectivity index (χ3n) is 2.24. The molecule has 3 N–H and O–H groups in total. The van der Waals surface area contributed by atoms with E-state index in [-0.39, 0.29) is 10.9 Å². The van der Waals surface area contributed by atoms with E-state index in [4.69, 9.17) is 27.4 Å². The van der Waals surface area contributed by atoms with Gasteiger partial charge in [-0.05, 0) is 12.1 Å². The average molecular weight is 283 g/mol. The van der Waals surface area contributed by atoms with Gasteiger partial charge in [0, 0.05) is 25.4 Å². The summed E-state index contributed by atoms with van der Waals surface area (Å²) < 4.78 is 10.0. The quantitative estimate of drug-likeness (QED) is 0.520. The van der Waals surface area contributed by atoms with E-state index in [1.165, 1.54) is 6.20 Å². The molecule has 0 atom stereocenters. The average Bonchev–Trinajstić information content (AvgIpc) is 2.42. The van der Waals surface area contributed by atoms with Crippen LogP contribution in [0, 0.1) is 0 Å². The number of nitrogens with one attached hydrogen (secondary N) is 1. The van der Waals surface area contributed by atoms with Gasteiger partial charge in [0.2, 0.25) is 0 Å². The van der Waals surface area contributed by atoms with Crippen LogP contribution in [0.1, 0.15) is 16.1 Å². The van der Waals surface area contributed by atoms with E-state index < -0.39 is 0 Å². The highest BCUT2D eigenvalue weighted by Crippen LogP contribution is 2.00. The molecule has 1 rings (SSSR count). The van der Waals surface area contributed by atoms with E-state index in [0.29, 0.717) is 37.6 Å². The van der Waals surface area contributed by atoms with Crippen LogP contribution in [0.5, 0.6) is 0 Å². The molecule has 0 saturated carbocycles. The van der Waals surface area contributed by atoms with Crippen molar-refractivity contribution in [1.29, 1.82) is 0 Å². The lowest BCUT2D eigenvalue weighted by atomic mass is 10.2. The van der Waals surface area contributed by atoms with Crippen LogP contribution >= 0.6 is 12.2 Å². The van der Waals surface area contributed by atoms with Gasteiger partial charge in [-0.2, -0.15) is 0 Å². The number of methoxy groups -OCH3 is 1. The molecule has 0 aliphatic heterocycles. The summed E-state index contributed by atoms with van der Waals surface area (Å²) in [5.41, 5.74) is 6.39. The maximum Gasteiger partial charge on any atom is 0.269 e. The van der Waals surface area contributed by atoms with E-state index in [0.717, 1.165) is 0 Å². The number of hydrogen-bond acceptors (Lipinski definition) is 5. The lowest BCUT2D eigenvalue weighted by molar-refractivity contribution is 0.0692. The van der Waals surface area contributed by atoms with Crippen LogP contribution in [-0.2, 0) is 9.47 Å². The first-order valence-corrected chi connectivity index (χ1v) is 6.16. The van der Waals surface area contributed by atoms with Crippen molar-refractivity contribution in [3.8, 4) is 0 Å². The van der Waals surface area contributed by atoms with Gasteiger partial charge in [-0.15, -0.1) is 0 Å². The number of nitrogens with two attached hydrogens (primary N) is 1. The minimum atomic E-state index is -0.259. The highest BCUT2D eigenvalue weighted by Gasteiger charge is 2.06. The van der Waals surface area contributed by atoms with Crippen LogP contribution in [0.2, 0.25) is 0 Å². The number of ether oxygens (including phenoxy) is 2. The van der Waals surface area contributed by atoms with Crippen LogP contribution in [0.15, 0.2) is 18.3 Å². The van der Waals surface area contributed by atoms with Gasteiger partial charge in [0.05, 0.1) is 19.8 Å². The van der Waals surface area contributed by atoms with Gasteiger partial charge < -0.3 is 20.5 Å². The van der Waals surface area contributed by atoms with E-state index in [9.17, 15) is 4.79 Å². The van der Waals surface area contributed by atoms with Gasteiger partial charge in [0.25, 0.3) is 5.91 Å². The van der Waals surface area contributed by atoms with Crippen LogP contribution in [-0.4, -0.2) is 49.4 Å². The number of thiocarbonyl (C=S) groups is 1. The van der Waals surface area contributed by atoms with Gasteiger partial charge in [0.1, 0.15) is 10.7 Å². The second-order valence-electron chi connectivity index (χ2n) is 3.66. The molecule has 0 fully saturated rings. The van der Waals surface area contributed by atoms with Crippen molar-refractivity contribution < 1.29 is 14.3 Å². The number of hydrogen-bond donors (Lipinski definition) is 2. The topological polar surface area (TPSA) is 86.5 Å². The van der Waals surface area contributed by atoms with Gasteiger partial charge in [-0.25, -0.2) is 0 Å². The van der Waals surface area contributed by atoms with Crippen molar-refractivity contribution in [3.05, 3.63) is 29.6 Å². The van der Waals surface area contributed by atoms with Crippen molar-refractivity contribution in [2.45, 2.75) is 0 Å². The minimum Gasteiger partial charge on any atom is -0.389 e. The zero-order chi connectivity index (χ0) is 14.1. The highest BCUT2D eigenvalue weighted by atomic mass is 32.1. The minimum absolute atomic E-state index is 0.256. The number of nitrogens with zero attached hydrogens (tertiary/aromatic N) is 1. The summed E-state index contributed by atoms with van der Waals surface area (Å²) >= 11 is 4.80. The van der Waals surface area contributed by atoms with Crippen molar-refractivity contribution in [3.63, 3.8) is 0 Å². The Morgan fingerprint density at radius 1 is 1.42 bits per heavy atom. The highest BCUT2D eigenvalue weighted by molar-refractivity contribution is 7.80.